The molecule has 4 nitrogen and oxygen atoms in total. The maximum atomic E-state index is 12.4. The van der Waals surface area contributed by atoms with Crippen molar-refractivity contribution in [3.63, 3.8) is 0 Å². The van der Waals surface area contributed by atoms with Crippen molar-refractivity contribution in [2.75, 3.05) is 13.2 Å². The molecule has 0 aromatic heterocycles. The van der Waals surface area contributed by atoms with Crippen molar-refractivity contribution >= 4 is 10.0 Å². The molecule has 0 amide bonds. The van der Waals surface area contributed by atoms with E-state index < -0.39 is 27.2 Å². The van der Waals surface area contributed by atoms with Gasteiger partial charge in [-0.05, 0) is 37.1 Å². The lowest BCUT2D eigenvalue weighted by molar-refractivity contribution is -0.137. The summed E-state index contributed by atoms with van der Waals surface area (Å²) < 4.78 is 63.3. The second kappa shape index (κ2) is 5.01. The summed E-state index contributed by atoms with van der Waals surface area (Å²) in [5, 5.41) is 9.09. The van der Waals surface area contributed by atoms with Crippen LogP contribution in [0.25, 0.3) is 0 Å². The van der Waals surface area contributed by atoms with Crippen LogP contribution in [0.1, 0.15) is 18.4 Å². The van der Waals surface area contributed by atoms with Gasteiger partial charge in [-0.1, -0.05) is 0 Å². The average Bonchev–Trinajstić information content (AvgIpc) is 3.16. The number of halogens is 3. The molecule has 1 aliphatic rings. The van der Waals surface area contributed by atoms with Gasteiger partial charge in [0.1, 0.15) is 0 Å². The fraction of sp³-hybridized carbons (Fsp3) is 0.500. The number of rotatable bonds is 5. The molecule has 1 aliphatic carbocycles. The van der Waals surface area contributed by atoms with Crippen molar-refractivity contribution in [2.45, 2.75) is 23.9 Å². The number of sulfonamides is 1. The average molecular weight is 309 g/mol. The number of hydrogen-bond donors (Lipinski definition) is 2. The van der Waals surface area contributed by atoms with E-state index in [1.807, 2.05) is 0 Å². The Bertz CT molecular complexity index is 577. The van der Waals surface area contributed by atoms with Crippen LogP contribution < -0.4 is 4.72 Å². The van der Waals surface area contributed by atoms with Crippen molar-refractivity contribution < 1.29 is 26.7 Å². The molecule has 8 heteroatoms. The molecule has 112 valence electrons. The summed E-state index contributed by atoms with van der Waals surface area (Å²) in [4.78, 5) is -0.223. The summed E-state index contributed by atoms with van der Waals surface area (Å²) in [7, 11) is -3.85. The van der Waals surface area contributed by atoms with Crippen LogP contribution in [-0.2, 0) is 16.2 Å². The van der Waals surface area contributed by atoms with Crippen LogP contribution in [0.3, 0.4) is 0 Å². The molecule has 0 atom stereocenters. The molecule has 0 spiro atoms. The Morgan fingerprint density at radius 2 is 1.75 bits per heavy atom. The lowest BCUT2D eigenvalue weighted by Crippen LogP contribution is -2.31. The zero-order valence-electron chi connectivity index (χ0n) is 10.4. The van der Waals surface area contributed by atoms with Gasteiger partial charge < -0.3 is 5.11 Å². The molecule has 0 radical (unpaired) electrons. The standard InChI is InChI=1S/C12H14F3NO3S/c13-12(14,15)9-1-3-10(4-2-9)20(18,19)16-7-11(8-17)5-6-11/h1-4,16-17H,5-8H2. The molecule has 0 saturated heterocycles. The van der Waals surface area contributed by atoms with Gasteiger partial charge in [0, 0.05) is 18.6 Å². The van der Waals surface area contributed by atoms with Crippen molar-refractivity contribution in [2.24, 2.45) is 5.41 Å². The highest BCUT2D eigenvalue weighted by Crippen LogP contribution is 2.44. The van der Waals surface area contributed by atoms with Gasteiger partial charge in [0.2, 0.25) is 10.0 Å². The van der Waals surface area contributed by atoms with E-state index in [1.165, 1.54) is 0 Å². The Balaban J connectivity index is 2.10. The molecule has 1 saturated carbocycles. The second-order valence-electron chi connectivity index (χ2n) is 5.00. The summed E-state index contributed by atoms with van der Waals surface area (Å²) in [6, 6.07) is 3.30. The van der Waals surface area contributed by atoms with Crippen LogP contribution in [-0.4, -0.2) is 26.7 Å². The molecule has 1 fully saturated rings. The van der Waals surface area contributed by atoms with Gasteiger partial charge >= 0.3 is 6.18 Å². The van der Waals surface area contributed by atoms with Crippen LogP contribution in [0, 0.1) is 5.41 Å². The minimum Gasteiger partial charge on any atom is -0.396 e. The van der Waals surface area contributed by atoms with Gasteiger partial charge in [-0.15, -0.1) is 0 Å². The van der Waals surface area contributed by atoms with Gasteiger partial charge in [0.15, 0.2) is 0 Å². The normalized spacial score (nSPS) is 18.0. The van der Waals surface area contributed by atoms with Crippen molar-refractivity contribution in [1.82, 2.24) is 4.72 Å². The third-order valence-electron chi connectivity index (χ3n) is 3.42. The number of hydrogen-bond acceptors (Lipinski definition) is 3. The number of nitrogens with one attached hydrogen (secondary N) is 1. The third-order valence-corrected chi connectivity index (χ3v) is 4.84. The maximum Gasteiger partial charge on any atom is 0.416 e. The first-order valence-electron chi connectivity index (χ1n) is 5.96. The Kier molecular flexibility index (Phi) is 3.83. The number of aliphatic hydroxyl groups is 1. The number of aliphatic hydroxyl groups excluding tert-OH is 1. The molecule has 1 aromatic carbocycles. The molecule has 0 aliphatic heterocycles. The van der Waals surface area contributed by atoms with E-state index in [0.717, 1.165) is 37.1 Å². The van der Waals surface area contributed by atoms with E-state index in [0.29, 0.717) is 0 Å². The molecule has 1 aromatic rings. The van der Waals surface area contributed by atoms with Crippen LogP contribution >= 0.6 is 0 Å². The smallest absolute Gasteiger partial charge is 0.396 e. The molecular weight excluding hydrogens is 295 g/mol. The first-order chi connectivity index (χ1) is 9.19. The summed E-state index contributed by atoms with van der Waals surface area (Å²) >= 11 is 0. The zero-order valence-corrected chi connectivity index (χ0v) is 11.3. The molecule has 0 bridgehead atoms. The van der Waals surface area contributed by atoms with Crippen LogP contribution in [0.15, 0.2) is 29.2 Å². The van der Waals surface area contributed by atoms with E-state index >= 15 is 0 Å². The zero-order chi connectivity index (χ0) is 15.0. The van der Waals surface area contributed by atoms with Crippen LogP contribution in [0.4, 0.5) is 13.2 Å². The van der Waals surface area contributed by atoms with Gasteiger partial charge in [0.25, 0.3) is 0 Å². The molecule has 0 heterocycles. The van der Waals surface area contributed by atoms with Gasteiger partial charge in [0.05, 0.1) is 10.5 Å². The molecule has 2 N–H and O–H groups in total. The van der Waals surface area contributed by atoms with Gasteiger partial charge in [-0.3, -0.25) is 0 Å². The Hall–Kier alpha value is -1.12. The highest BCUT2D eigenvalue weighted by atomic mass is 32.2. The molecular formula is C12H14F3NO3S. The minimum atomic E-state index is -4.50. The predicted molar refractivity (Wildman–Crippen MR) is 65.4 cm³/mol. The summed E-state index contributed by atoms with van der Waals surface area (Å²) in [6.07, 6.45) is -3.03. The van der Waals surface area contributed by atoms with Crippen molar-refractivity contribution in [3.05, 3.63) is 29.8 Å². The SMILES string of the molecule is O=S(=O)(NCC1(CO)CC1)c1ccc(C(F)(F)F)cc1. The first-order valence-corrected chi connectivity index (χ1v) is 7.45. The maximum absolute atomic E-state index is 12.4. The molecule has 2 rings (SSSR count). The topological polar surface area (TPSA) is 66.4 Å². The third kappa shape index (κ3) is 3.31. The van der Waals surface area contributed by atoms with E-state index in [-0.39, 0.29) is 18.0 Å². The first kappa shape index (κ1) is 15.3. The van der Waals surface area contributed by atoms with Crippen molar-refractivity contribution in [3.8, 4) is 0 Å². The number of benzene rings is 1. The van der Waals surface area contributed by atoms with Gasteiger partial charge in [-0.2, -0.15) is 13.2 Å². The van der Waals surface area contributed by atoms with E-state index in [4.69, 9.17) is 5.11 Å². The monoisotopic (exact) mass is 309 g/mol. The minimum absolute atomic E-state index is 0.0901. The summed E-state index contributed by atoms with van der Waals surface area (Å²) in [5.74, 6) is 0. The highest BCUT2D eigenvalue weighted by Gasteiger charge is 2.42. The number of alkyl halides is 3. The largest absolute Gasteiger partial charge is 0.416 e. The lowest BCUT2D eigenvalue weighted by atomic mass is 10.1. The van der Waals surface area contributed by atoms with Crippen LogP contribution in [0.2, 0.25) is 0 Å². The van der Waals surface area contributed by atoms with E-state index in [1.54, 1.807) is 0 Å². The summed E-state index contributed by atoms with van der Waals surface area (Å²) in [6.45, 7) is -0.0185. The highest BCUT2D eigenvalue weighted by molar-refractivity contribution is 7.89. The Morgan fingerprint density at radius 1 is 1.20 bits per heavy atom. The Labute approximate surface area is 114 Å². The predicted octanol–water partition coefficient (Wildman–Crippen LogP) is 1.76. The van der Waals surface area contributed by atoms with E-state index in [2.05, 4.69) is 4.72 Å². The molecule has 0 unspecified atom stereocenters. The fourth-order valence-corrected chi connectivity index (χ4v) is 2.88. The van der Waals surface area contributed by atoms with Crippen LogP contribution in [0.5, 0.6) is 0 Å². The second-order valence-corrected chi connectivity index (χ2v) is 6.77. The van der Waals surface area contributed by atoms with Gasteiger partial charge in [-0.25, -0.2) is 13.1 Å². The lowest BCUT2D eigenvalue weighted by Gasteiger charge is -2.13. The Morgan fingerprint density at radius 3 is 2.15 bits per heavy atom. The van der Waals surface area contributed by atoms with E-state index in [9.17, 15) is 21.6 Å². The quantitative estimate of drug-likeness (QED) is 0.871. The van der Waals surface area contributed by atoms with Crippen molar-refractivity contribution in [1.29, 1.82) is 0 Å². The molecule has 20 heavy (non-hydrogen) atoms. The summed E-state index contributed by atoms with van der Waals surface area (Å²) in [5.41, 5.74) is -1.30. The fourth-order valence-electron chi connectivity index (χ4n) is 1.72.